The van der Waals surface area contributed by atoms with Crippen LogP contribution in [0.25, 0.3) is 0 Å². The molecule has 4 nitrogen and oxygen atoms in total. The predicted octanol–water partition coefficient (Wildman–Crippen LogP) is 1.62. The van der Waals surface area contributed by atoms with Gasteiger partial charge in [-0.05, 0) is 6.07 Å². The van der Waals surface area contributed by atoms with Crippen molar-refractivity contribution in [3.8, 4) is 0 Å². The molecular weight excluding hydrogens is 275 g/mol. The van der Waals surface area contributed by atoms with Gasteiger partial charge in [-0.15, -0.1) is 12.4 Å². The van der Waals surface area contributed by atoms with Gasteiger partial charge in [-0.2, -0.15) is 0 Å². The molecule has 1 aromatic rings. The quantitative estimate of drug-likeness (QED) is 0.901. The zero-order chi connectivity index (χ0) is 12.3. The van der Waals surface area contributed by atoms with E-state index in [0.717, 1.165) is 5.56 Å². The maximum Gasteiger partial charge on any atom is 0.236 e. The first-order chi connectivity index (χ1) is 8.22. The van der Waals surface area contributed by atoms with Gasteiger partial charge < -0.3 is 15.4 Å². The van der Waals surface area contributed by atoms with Gasteiger partial charge in [0.05, 0.1) is 19.7 Å². The van der Waals surface area contributed by atoms with Crippen LogP contribution >= 0.6 is 24.0 Å². The van der Waals surface area contributed by atoms with Gasteiger partial charge in [-0.1, -0.05) is 29.8 Å². The van der Waals surface area contributed by atoms with E-state index in [1.54, 1.807) is 4.90 Å². The Morgan fingerprint density at radius 2 is 2.22 bits per heavy atom. The van der Waals surface area contributed by atoms with E-state index < -0.39 is 0 Å². The number of carbonyl (C=O) groups is 1. The van der Waals surface area contributed by atoms with Gasteiger partial charge in [0.2, 0.25) is 5.91 Å². The molecule has 0 radical (unpaired) electrons. The number of hydrogen-bond acceptors (Lipinski definition) is 3. The Hall–Kier alpha value is -0.810. The fourth-order valence-electron chi connectivity index (χ4n) is 1.93. The number of hydrogen-bond donors (Lipinski definition) is 1. The third kappa shape index (κ3) is 3.36. The largest absolute Gasteiger partial charge is 0.370 e. The molecule has 1 aliphatic rings. The van der Waals surface area contributed by atoms with E-state index in [-0.39, 0.29) is 31.0 Å². The van der Waals surface area contributed by atoms with Crippen LogP contribution in [0.4, 0.5) is 0 Å². The number of carbonyl (C=O) groups excluding carboxylic acids is 1. The lowest BCUT2D eigenvalue weighted by atomic mass is 10.1. The zero-order valence-electron chi connectivity index (χ0n) is 9.84. The number of rotatable bonds is 2. The molecule has 0 saturated carbocycles. The standard InChI is InChI=1S/C12H15ClN2O2.ClH/c13-10-4-2-1-3-9(10)11-8-15(5-6-17-11)12(16)7-14;/h1-4,11H,5-8,14H2;1H. The van der Waals surface area contributed by atoms with Crippen LogP contribution in [0, 0.1) is 0 Å². The maximum absolute atomic E-state index is 11.5. The summed E-state index contributed by atoms with van der Waals surface area (Å²) >= 11 is 6.11. The molecule has 1 heterocycles. The molecule has 100 valence electrons. The van der Waals surface area contributed by atoms with Crippen molar-refractivity contribution in [2.75, 3.05) is 26.2 Å². The third-order valence-electron chi connectivity index (χ3n) is 2.85. The number of nitrogens with two attached hydrogens (primary N) is 1. The Kier molecular flexibility index (Phi) is 5.88. The average molecular weight is 291 g/mol. The lowest BCUT2D eigenvalue weighted by Crippen LogP contribution is -2.44. The van der Waals surface area contributed by atoms with Gasteiger partial charge in [0.1, 0.15) is 6.10 Å². The minimum Gasteiger partial charge on any atom is -0.370 e. The van der Waals surface area contributed by atoms with Crippen LogP contribution in [0.2, 0.25) is 5.02 Å². The molecular formula is C12H16Cl2N2O2. The van der Waals surface area contributed by atoms with Gasteiger partial charge in [-0.25, -0.2) is 0 Å². The smallest absolute Gasteiger partial charge is 0.236 e. The summed E-state index contributed by atoms with van der Waals surface area (Å²) in [7, 11) is 0. The van der Waals surface area contributed by atoms with Crippen molar-refractivity contribution in [3.05, 3.63) is 34.9 Å². The first-order valence-corrected chi connectivity index (χ1v) is 5.94. The maximum atomic E-state index is 11.5. The Morgan fingerprint density at radius 3 is 2.89 bits per heavy atom. The molecule has 2 N–H and O–H groups in total. The monoisotopic (exact) mass is 290 g/mol. The predicted molar refractivity (Wildman–Crippen MR) is 73.0 cm³/mol. The van der Waals surface area contributed by atoms with E-state index >= 15 is 0 Å². The first-order valence-electron chi connectivity index (χ1n) is 5.56. The lowest BCUT2D eigenvalue weighted by molar-refractivity contribution is -0.137. The van der Waals surface area contributed by atoms with Gasteiger partial charge in [0, 0.05) is 17.1 Å². The fraction of sp³-hybridized carbons (Fsp3) is 0.417. The van der Waals surface area contributed by atoms with Crippen LogP contribution in [-0.4, -0.2) is 37.0 Å². The molecule has 1 atom stereocenters. The van der Waals surface area contributed by atoms with E-state index in [9.17, 15) is 4.79 Å². The first kappa shape index (κ1) is 15.2. The third-order valence-corrected chi connectivity index (χ3v) is 3.19. The Morgan fingerprint density at radius 1 is 1.50 bits per heavy atom. The van der Waals surface area contributed by atoms with E-state index in [0.29, 0.717) is 24.7 Å². The van der Waals surface area contributed by atoms with Crippen molar-refractivity contribution in [1.82, 2.24) is 4.90 Å². The lowest BCUT2D eigenvalue weighted by Gasteiger charge is -2.33. The van der Waals surface area contributed by atoms with Crippen LogP contribution < -0.4 is 5.73 Å². The Bertz CT molecular complexity index is 415. The average Bonchev–Trinajstić information content (AvgIpc) is 2.38. The highest BCUT2D eigenvalue weighted by atomic mass is 35.5. The molecule has 0 spiro atoms. The topological polar surface area (TPSA) is 55.6 Å². The second-order valence-corrected chi connectivity index (χ2v) is 4.33. The van der Waals surface area contributed by atoms with Crippen molar-refractivity contribution in [2.45, 2.75) is 6.10 Å². The van der Waals surface area contributed by atoms with Crippen molar-refractivity contribution in [1.29, 1.82) is 0 Å². The molecule has 2 rings (SSSR count). The summed E-state index contributed by atoms with van der Waals surface area (Å²) in [4.78, 5) is 13.3. The van der Waals surface area contributed by atoms with Gasteiger partial charge >= 0.3 is 0 Å². The molecule has 0 aliphatic carbocycles. The number of nitrogens with zero attached hydrogens (tertiary/aromatic N) is 1. The molecule has 1 aromatic carbocycles. The van der Waals surface area contributed by atoms with Crippen LogP contribution in [0.1, 0.15) is 11.7 Å². The molecule has 1 unspecified atom stereocenters. The second-order valence-electron chi connectivity index (χ2n) is 3.92. The van der Waals surface area contributed by atoms with Crippen LogP contribution in [0.5, 0.6) is 0 Å². The number of morpholine rings is 1. The summed E-state index contributed by atoms with van der Waals surface area (Å²) in [6.45, 7) is 1.66. The van der Waals surface area contributed by atoms with Gasteiger partial charge in [-0.3, -0.25) is 4.79 Å². The molecule has 18 heavy (non-hydrogen) atoms. The number of amides is 1. The number of halogens is 2. The Balaban J connectivity index is 0.00000162. The summed E-state index contributed by atoms with van der Waals surface area (Å²) < 4.78 is 5.65. The SMILES string of the molecule is Cl.NCC(=O)N1CCOC(c2ccccc2Cl)C1. The summed E-state index contributed by atoms with van der Waals surface area (Å²) in [5.41, 5.74) is 6.28. The molecule has 1 saturated heterocycles. The van der Waals surface area contributed by atoms with Crippen molar-refractivity contribution < 1.29 is 9.53 Å². The van der Waals surface area contributed by atoms with Crippen LogP contribution in [0.3, 0.4) is 0 Å². The number of benzene rings is 1. The normalized spacial score (nSPS) is 19.2. The summed E-state index contributed by atoms with van der Waals surface area (Å²) in [6, 6.07) is 7.53. The molecule has 0 aromatic heterocycles. The molecule has 1 fully saturated rings. The number of ether oxygens (including phenoxy) is 1. The minimum atomic E-state index is -0.159. The summed E-state index contributed by atoms with van der Waals surface area (Å²) in [5.74, 6) is -0.0506. The van der Waals surface area contributed by atoms with Gasteiger partial charge in [0.25, 0.3) is 0 Å². The highest BCUT2D eigenvalue weighted by molar-refractivity contribution is 6.31. The summed E-state index contributed by atoms with van der Waals surface area (Å²) in [5, 5.41) is 0.666. The Labute approximate surface area is 117 Å². The van der Waals surface area contributed by atoms with Crippen LogP contribution in [-0.2, 0) is 9.53 Å². The zero-order valence-corrected chi connectivity index (χ0v) is 11.4. The van der Waals surface area contributed by atoms with Crippen molar-refractivity contribution >= 4 is 29.9 Å². The molecule has 6 heteroatoms. The van der Waals surface area contributed by atoms with E-state index in [1.807, 2.05) is 24.3 Å². The highest BCUT2D eigenvalue weighted by Gasteiger charge is 2.25. The van der Waals surface area contributed by atoms with E-state index in [2.05, 4.69) is 0 Å². The van der Waals surface area contributed by atoms with Crippen molar-refractivity contribution in [2.24, 2.45) is 5.73 Å². The molecule has 0 bridgehead atoms. The fourth-order valence-corrected chi connectivity index (χ4v) is 2.19. The van der Waals surface area contributed by atoms with Crippen molar-refractivity contribution in [3.63, 3.8) is 0 Å². The second kappa shape index (κ2) is 6.95. The van der Waals surface area contributed by atoms with E-state index in [1.165, 1.54) is 0 Å². The van der Waals surface area contributed by atoms with E-state index in [4.69, 9.17) is 22.1 Å². The highest BCUT2D eigenvalue weighted by Crippen LogP contribution is 2.28. The van der Waals surface area contributed by atoms with Gasteiger partial charge in [0.15, 0.2) is 0 Å². The minimum absolute atomic E-state index is 0. The van der Waals surface area contributed by atoms with Crippen LogP contribution in [0.15, 0.2) is 24.3 Å². The summed E-state index contributed by atoms with van der Waals surface area (Å²) in [6.07, 6.45) is -0.159. The molecule has 1 amide bonds. The molecule has 1 aliphatic heterocycles.